The highest BCUT2D eigenvalue weighted by Gasteiger charge is 2.48. The molecule has 119 heavy (non-hydrogen) atoms. The highest BCUT2D eigenvalue weighted by atomic mass is 19.4. The zero-order chi connectivity index (χ0) is 88.7. The normalized spacial score (nSPS) is 19.5. The van der Waals surface area contributed by atoms with Gasteiger partial charge in [-0.3, -0.25) is 91.5 Å². The number of hydrogen-bond acceptors (Lipinski definition) is 22. The van der Waals surface area contributed by atoms with E-state index in [0.717, 1.165) is 4.90 Å². The summed E-state index contributed by atoms with van der Waals surface area (Å²) in [5.74, 6) is -20.7. The number of amides is 15. The Kier molecular flexibility index (Phi) is 37.9. The molecule has 46 nitrogen and oxygen atoms in total. The summed E-state index contributed by atoms with van der Waals surface area (Å²) in [7, 11) is 0. The molecule has 0 aliphatic carbocycles. The average molecular weight is 1690 g/mol. The number of carboxylic acid groups (broad SMARTS) is 4. The van der Waals surface area contributed by atoms with Crippen LogP contribution in [-0.4, -0.2) is 298 Å². The van der Waals surface area contributed by atoms with Crippen molar-refractivity contribution in [1.29, 1.82) is 0 Å². The number of nitrogens with two attached hydrogens (primary N) is 6. The van der Waals surface area contributed by atoms with Crippen LogP contribution >= 0.6 is 0 Å². The monoisotopic (exact) mass is 1690 g/mol. The van der Waals surface area contributed by atoms with Crippen molar-refractivity contribution in [2.75, 3.05) is 39.3 Å². The van der Waals surface area contributed by atoms with Crippen LogP contribution in [0.1, 0.15) is 161 Å². The van der Waals surface area contributed by atoms with Crippen LogP contribution in [0.15, 0.2) is 22.5 Å². The van der Waals surface area contributed by atoms with E-state index in [-0.39, 0.29) is 147 Å². The fraction of sp³-hybridized carbons (Fsp3) is 0.657. The van der Waals surface area contributed by atoms with Crippen molar-refractivity contribution in [1.82, 2.24) is 77.4 Å². The Balaban J connectivity index is 0.00000344. The first kappa shape index (κ1) is 97.1. The van der Waals surface area contributed by atoms with E-state index in [1.807, 2.05) is 0 Å². The van der Waals surface area contributed by atoms with Crippen molar-refractivity contribution in [3.05, 3.63) is 18.2 Å². The number of halogens is 3. The minimum absolute atomic E-state index is 0.00448. The lowest BCUT2D eigenvalue weighted by Gasteiger charge is -2.34. The maximum atomic E-state index is 14.9. The van der Waals surface area contributed by atoms with Crippen LogP contribution in [0, 0.1) is 5.92 Å². The highest BCUT2D eigenvalue weighted by Crippen LogP contribution is 2.29. The second kappa shape index (κ2) is 46.4. The SMILES string of the molecule is CC(C)C[C@H](NC(=O)[C@@H]1CCCN1C(=O)[C@@H]1CCCN1C(=O)[C@H](CCCN=C(N)N)NC(=O)[C@H](CCC(=O)O)NC(=O)[C@@H]1CCC(=O)N1)C(=O)N[C@@H](CCC(N)=O)C(=O)N[C@@H](CCC(N)=O)C(=O)N1CCC[C@H]1C(=O)N1CCC[C@H]1C(=O)N[C@@H](Cc1cnc[nH]1)C(=O)N[C@@H](CCCN=C(N)N)C(=O)N[C@@H](CC(=O)O)C(=O)O.O=C(O)C(F)(F)F. The van der Waals surface area contributed by atoms with Gasteiger partial charge in [0.2, 0.25) is 88.6 Å². The topological polar surface area (TPSA) is 736 Å². The van der Waals surface area contributed by atoms with Crippen molar-refractivity contribution in [3.63, 3.8) is 0 Å². The maximum absolute atomic E-state index is 14.9. The molecule has 0 saturated carbocycles. The Morgan fingerprint density at radius 2 is 0.882 bits per heavy atom. The molecule has 15 amide bonds. The fourth-order valence-electron chi connectivity index (χ4n) is 14.0. The van der Waals surface area contributed by atoms with Gasteiger partial charge in [0, 0.05) is 83.3 Å². The predicted octanol–water partition coefficient (Wildman–Crippen LogP) is -7.19. The number of carboxylic acids is 4. The first-order chi connectivity index (χ1) is 56.0. The van der Waals surface area contributed by atoms with Gasteiger partial charge in [0.05, 0.1) is 12.7 Å². The summed E-state index contributed by atoms with van der Waals surface area (Å²) in [5.41, 5.74) is 33.4. The van der Waals surface area contributed by atoms with Crippen LogP contribution < -0.4 is 82.3 Å². The van der Waals surface area contributed by atoms with Crippen LogP contribution in [0.25, 0.3) is 0 Å². The van der Waals surface area contributed by atoms with Gasteiger partial charge in [-0.05, 0) is 115 Å². The van der Waals surface area contributed by atoms with E-state index >= 15 is 0 Å². The maximum Gasteiger partial charge on any atom is 0.490 e. The van der Waals surface area contributed by atoms with Gasteiger partial charge in [-0.2, -0.15) is 13.2 Å². The molecule has 5 fully saturated rings. The Morgan fingerprint density at radius 1 is 0.496 bits per heavy atom. The number of aromatic nitrogens is 2. The average Bonchev–Trinajstić information content (AvgIpc) is 1.67. The van der Waals surface area contributed by atoms with Crippen molar-refractivity contribution in [3.8, 4) is 0 Å². The van der Waals surface area contributed by atoms with Crippen molar-refractivity contribution in [2.24, 2.45) is 50.3 Å². The fourth-order valence-corrected chi connectivity index (χ4v) is 14.0. The number of aromatic amines is 1. The van der Waals surface area contributed by atoms with Gasteiger partial charge >= 0.3 is 30.1 Å². The number of aliphatic carboxylic acids is 4. The van der Waals surface area contributed by atoms with Crippen LogP contribution in [-0.2, 0) is 97.5 Å². The molecule has 0 radical (unpaired) electrons. The van der Waals surface area contributed by atoms with Crippen LogP contribution in [0.3, 0.4) is 0 Å². The number of likely N-dealkylation sites (tertiary alicyclic amines) is 4. The van der Waals surface area contributed by atoms with Crippen LogP contribution in [0.5, 0.6) is 0 Å². The van der Waals surface area contributed by atoms with Gasteiger partial charge in [-0.15, -0.1) is 0 Å². The second-order valence-corrected chi connectivity index (χ2v) is 29.4. The molecule has 0 bridgehead atoms. The first-order valence-corrected chi connectivity index (χ1v) is 38.5. The van der Waals surface area contributed by atoms with Gasteiger partial charge in [0.15, 0.2) is 11.9 Å². The van der Waals surface area contributed by atoms with E-state index in [2.05, 4.69) is 67.8 Å². The number of guanidine groups is 2. The molecule has 5 aliphatic rings. The number of alkyl halides is 3. The standard InChI is InChI=1S/C68H105N23O21.C2HF3O2/c1-34(2)29-42(85-60(105)45-11-5-25-88(45)64(109)47-13-7-27-90(47)62(107)40(10-4-24-77-68(73)74)83-57(102)39(18-22-52(95)96)81-55(100)37-17-21-51(94)79-37)58(103)82-38(15-19-49(69)92)56(101)84-41(16-20-50(70)93)63(108)91-28-8-14-48(91)65(110)89-26-6-12-46(89)61(106)86-43(30-35-32-75-33-78-35)59(104)80-36(9-3-23-76-67(71)72)54(99)87-44(66(111)112)31-53(97)98;3-2(4,5)1(6)7/h32-34,36-48H,3-31H2,1-2H3,(H2,69,92)(H2,70,93)(H,75,78)(H,79,94)(H,80,104)(H,81,100)(H,82,103)(H,83,102)(H,84,101)(H,85,105)(H,86,106)(H,87,99)(H,95,96)(H,97,98)(H,111,112)(H4,71,72,76)(H4,73,74,77);(H,6,7)/t36-,37-,38-,39-,40-,41-,42-,43-,44-,45-,46-,47-,48-;/m0./s1. The molecular weight excluding hydrogens is 1590 g/mol. The summed E-state index contributed by atoms with van der Waals surface area (Å²) < 4.78 is 31.7. The summed E-state index contributed by atoms with van der Waals surface area (Å²) in [4.78, 5) is 273. The van der Waals surface area contributed by atoms with E-state index in [4.69, 9.17) is 44.3 Å². The molecule has 660 valence electrons. The Labute approximate surface area is 678 Å². The highest BCUT2D eigenvalue weighted by molar-refractivity contribution is 6.01. The number of primary amides is 2. The van der Waals surface area contributed by atoms with Crippen LogP contribution in [0.4, 0.5) is 13.2 Å². The summed E-state index contributed by atoms with van der Waals surface area (Å²) in [6, 6.07) is -18.5. The predicted molar refractivity (Wildman–Crippen MR) is 404 cm³/mol. The molecule has 26 N–H and O–H groups in total. The van der Waals surface area contributed by atoms with E-state index in [0.29, 0.717) is 18.5 Å². The number of carbonyl (C=O) groups is 19. The van der Waals surface area contributed by atoms with E-state index in [9.17, 15) is 115 Å². The molecular formula is C70H106F3N23O23. The number of hydrogen-bond donors (Lipinski definition) is 20. The Bertz CT molecular complexity index is 3920. The number of rotatable bonds is 44. The number of carbonyl (C=O) groups excluding carboxylic acids is 15. The first-order valence-electron chi connectivity index (χ1n) is 38.5. The number of imidazole rings is 1. The number of nitrogens with one attached hydrogen (secondary N) is 10. The zero-order valence-electron chi connectivity index (χ0n) is 65.5. The van der Waals surface area contributed by atoms with Crippen molar-refractivity contribution in [2.45, 2.75) is 246 Å². The number of H-pyrrole nitrogens is 1. The smallest absolute Gasteiger partial charge is 0.481 e. The molecule has 5 aliphatic heterocycles. The molecule has 6 heterocycles. The third-order valence-corrected chi connectivity index (χ3v) is 19.8. The Morgan fingerprint density at radius 3 is 1.29 bits per heavy atom. The molecule has 6 rings (SSSR count). The lowest BCUT2D eigenvalue weighted by atomic mass is 10.0. The molecule has 13 atom stereocenters. The van der Waals surface area contributed by atoms with Gasteiger partial charge in [0.1, 0.15) is 78.5 Å². The van der Waals surface area contributed by atoms with E-state index in [1.165, 1.54) is 27.2 Å². The third kappa shape index (κ3) is 31.1. The molecule has 1 aromatic rings. The number of aliphatic imine (C=N–C) groups is 2. The van der Waals surface area contributed by atoms with Crippen molar-refractivity contribution < 1.29 is 125 Å². The molecule has 5 saturated heterocycles. The van der Waals surface area contributed by atoms with Gasteiger partial charge < -0.3 is 127 Å². The van der Waals surface area contributed by atoms with Gasteiger partial charge in [0.25, 0.3) is 0 Å². The summed E-state index contributed by atoms with van der Waals surface area (Å²) in [6.45, 7) is 3.38. The largest absolute Gasteiger partial charge is 0.490 e. The summed E-state index contributed by atoms with van der Waals surface area (Å²) >= 11 is 0. The summed E-state index contributed by atoms with van der Waals surface area (Å²) in [5, 5.41) is 58.3. The molecule has 1 aromatic heterocycles. The van der Waals surface area contributed by atoms with Gasteiger partial charge in [-0.1, -0.05) is 13.8 Å². The summed E-state index contributed by atoms with van der Waals surface area (Å²) in [6.07, 6.45) is -5.27. The van der Waals surface area contributed by atoms with E-state index in [1.54, 1.807) is 13.8 Å². The number of nitrogens with zero attached hydrogens (tertiary/aromatic N) is 7. The zero-order valence-corrected chi connectivity index (χ0v) is 65.5. The molecule has 0 aromatic carbocycles. The lowest BCUT2D eigenvalue weighted by Crippen LogP contribution is -2.60. The third-order valence-electron chi connectivity index (χ3n) is 19.8. The quantitative estimate of drug-likeness (QED) is 0.0164. The van der Waals surface area contributed by atoms with Crippen LogP contribution in [0.2, 0.25) is 0 Å². The van der Waals surface area contributed by atoms with Gasteiger partial charge in [-0.25, -0.2) is 14.6 Å². The molecule has 0 spiro atoms. The Hall–Kier alpha value is -12.5. The minimum atomic E-state index is -5.08. The minimum Gasteiger partial charge on any atom is -0.481 e. The second-order valence-electron chi connectivity index (χ2n) is 29.4. The van der Waals surface area contributed by atoms with Crippen molar-refractivity contribution >= 4 is 124 Å². The lowest BCUT2D eigenvalue weighted by molar-refractivity contribution is -0.192. The molecule has 49 heteroatoms. The van der Waals surface area contributed by atoms with E-state index < -0.39 is 242 Å². The molecule has 0 unspecified atom stereocenters.